The highest BCUT2D eigenvalue weighted by molar-refractivity contribution is 9.10. The van der Waals surface area contributed by atoms with Crippen LogP contribution in [0.15, 0.2) is 53.0 Å². The lowest BCUT2D eigenvalue weighted by Gasteiger charge is -2.38. The number of nitrogens with one attached hydrogen (secondary N) is 1. The van der Waals surface area contributed by atoms with E-state index in [9.17, 15) is 10.1 Å². The van der Waals surface area contributed by atoms with Gasteiger partial charge in [-0.1, -0.05) is 41.4 Å². The molecule has 1 aliphatic heterocycles. The van der Waals surface area contributed by atoms with Crippen LogP contribution >= 0.6 is 39.1 Å². The minimum Gasteiger partial charge on any atom is -0.493 e. The number of hydrogen-bond acceptors (Lipinski definition) is 5. The SMILES string of the molecule is COc1cc([C@@H]2Nc3c([N+](=O)[O-])cc(C)c(C)c3[C@H]3C=CC[C@@H]32)cc(Br)c1OCc1ccc(Cl)cc1Cl. The van der Waals surface area contributed by atoms with Crippen molar-refractivity contribution in [2.24, 2.45) is 5.92 Å². The van der Waals surface area contributed by atoms with E-state index in [2.05, 4.69) is 33.4 Å². The lowest BCUT2D eigenvalue weighted by Crippen LogP contribution is -2.30. The maximum absolute atomic E-state index is 12.0. The number of anilines is 1. The summed E-state index contributed by atoms with van der Waals surface area (Å²) < 4.78 is 12.5. The summed E-state index contributed by atoms with van der Waals surface area (Å²) in [7, 11) is 1.59. The summed E-state index contributed by atoms with van der Waals surface area (Å²) in [5, 5.41) is 16.6. The van der Waals surface area contributed by atoms with Crippen LogP contribution in [0.4, 0.5) is 11.4 Å². The van der Waals surface area contributed by atoms with Crippen molar-refractivity contribution in [3.05, 3.63) is 101 Å². The molecule has 0 radical (unpaired) electrons. The number of nitro benzene ring substituents is 1. The summed E-state index contributed by atoms with van der Waals surface area (Å²) in [6.07, 6.45) is 5.23. The van der Waals surface area contributed by atoms with Crippen LogP contribution in [-0.2, 0) is 6.61 Å². The van der Waals surface area contributed by atoms with E-state index in [0.717, 1.165) is 38.7 Å². The van der Waals surface area contributed by atoms with Crippen molar-refractivity contribution in [2.75, 3.05) is 12.4 Å². The lowest BCUT2D eigenvalue weighted by molar-refractivity contribution is -0.384. The molecule has 0 saturated carbocycles. The van der Waals surface area contributed by atoms with Gasteiger partial charge in [-0.2, -0.15) is 0 Å². The number of hydrogen-bond donors (Lipinski definition) is 1. The molecular formula is C28H25BrCl2N2O4. The Bertz CT molecular complexity index is 1440. The normalized spacial score (nSPS) is 19.7. The Kier molecular flexibility index (Phi) is 7.14. The van der Waals surface area contributed by atoms with Crippen molar-refractivity contribution in [3.8, 4) is 11.5 Å². The number of allylic oxidation sites excluding steroid dienone is 2. The van der Waals surface area contributed by atoms with E-state index in [0.29, 0.717) is 27.2 Å². The first-order chi connectivity index (χ1) is 17.7. The molecule has 3 aromatic carbocycles. The molecule has 3 aromatic rings. The second-order valence-electron chi connectivity index (χ2n) is 9.42. The van der Waals surface area contributed by atoms with E-state index in [4.69, 9.17) is 32.7 Å². The predicted molar refractivity (Wildman–Crippen MR) is 150 cm³/mol. The van der Waals surface area contributed by atoms with Crippen molar-refractivity contribution >= 4 is 50.5 Å². The van der Waals surface area contributed by atoms with Gasteiger partial charge < -0.3 is 14.8 Å². The Labute approximate surface area is 233 Å². The zero-order valence-electron chi connectivity index (χ0n) is 20.5. The van der Waals surface area contributed by atoms with E-state index in [1.165, 1.54) is 0 Å². The fourth-order valence-electron chi connectivity index (χ4n) is 5.40. The number of halogens is 3. The number of fused-ring (bicyclic) bond motifs is 3. The van der Waals surface area contributed by atoms with E-state index < -0.39 is 0 Å². The van der Waals surface area contributed by atoms with E-state index >= 15 is 0 Å². The van der Waals surface area contributed by atoms with Crippen LogP contribution in [0.5, 0.6) is 11.5 Å². The molecule has 2 aliphatic rings. The maximum Gasteiger partial charge on any atom is 0.292 e. The number of nitrogens with zero attached hydrogens (tertiary/aromatic N) is 1. The highest BCUT2D eigenvalue weighted by atomic mass is 79.9. The Morgan fingerprint density at radius 2 is 1.97 bits per heavy atom. The van der Waals surface area contributed by atoms with Crippen molar-refractivity contribution < 1.29 is 14.4 Å². The molecule has 0 amide bonds. The summed E-state index contributed by atoms with van der Waals surface area (Å²) in [6, 6.07) is 10.7. The predicted octanol–water partition coefficient (Wildman–Crippen LogP) is 8.70. The van der Waals surface area contributed by atoms with Crippen LogP contribution < -0.4 is 14.8 Å². The highest BCUT2D eigenvalue weighted by Gasteiger charge is 2.42. The largest absolute Gasteiger partial charge is 0.493 e. The van der Waals surface area contributed by atoms with Gasteiger partial charge in [0.2, 0.25) is 0 Å². The molecule has 1 aliphatic carbocycles. The minimum absolute atomic E-state index is 0.0904. The van der Waals surface area contributed by atoms with Gasteiger partial charge in [0.25, 0.3) is 5.69 Å². The third kappa shape index (κ3) is 4.69. The quantitative estimate of drug-likeness (QED) is 0.173. The van der Waals surface area contributed by atoms with Crippen LogP contribution in [0, 0.1) is 29.9 Å². The maximum atomic E-state index is 12.0. The van der Waals surface area contributed by atoms with Gasteiger partial charge in [-0.25, -0.2) is 0 Å². The van der Waals surface area contributed by atoms with Crippen molar-refractivity contribution in [1.29, 1.82) is 0 Å². The molecule has 3 atom stereocenters. The smallest absolute Gasteiger partial charge is 0.292 e. The first-order valence-corrected chi connectivity index (χ1v) is 13.4. The monoisotopic (exact) mass is 602 g/mol. The van der Waals surface area contributed by atoms with E-state index in [1.54, 1.807) is 25.3 Å². The summed E-state index contributed by atoms with van der Waals surface area (Å²) in [4.78, 5) is 11.7. The molecule has 0 spiro atoms. The van der Waals surface area contributed by atoms with Gasteiger partial charge >= 0.3 is 0 Å². The molecule has 1 N–H and O–H groups in total. The van der Waals surface area contributed by atoms with Crippen molar-refractivity contribution in [2.45, 2.75) is 38.8 Å². The molecule has 0 aromatic heterocycles. The summed E-state index contributed by atoms with van der Waals surface area (Å²) in [6.45, 7) is 4.21. The molecule has 5 rings (SSSR count). The fourth-order valence-corrected chi connectivity index (χ4v) is 6.44. The van der Waals surface area contributed by atoms with Gasteiger partial charge in [0, 0.05) is 27.6 Å². The van der Waals surface area contributed by atoms with Crippen LogP contribution in [0.25, 0.3) is 0 Å². The number of aryl methyl sites for hydroxylation is 1. The molecule has 0 fully saturated rings. The topological polar surface area (TPSA) is 73.6 Å². The molecule has 0 unspecified atom stereocenters. The number of rotatable bonds is 6. The van der Waals surface area contributed by atoms with Crippen molar-refractivity contribution in [3.63, 3.8) is 0 Å². The number of ether oxygens (including phenoxy) is 2. The molecule has 0 saturated heterocycles. The van der Waals surface area contributed by atoms with Crippen molar-refractivity contribution in [1.82, 2.24) is 0 Å². The molecule has 6 nitrogen and oxygen atoms in total. The van der Waals surface area contributed by atoms with Crippen LogP contribution in [-0.4, -0.2) is 12.0 Å². The molecule has 1 heterocycles. The number of nitro groups is 1. The molecule has 192 valence electrons. The summed E-state index contributed by atoms with van der Waals surface area (Å²) in [5.41, 5.74) is 5.50. The zero-order valence-corrected chi connectivity index (χ0v) is 23.6. The van der Waals surface area contributed by atoms with E-state index in [-0.39, 0.29) is 35.1 Å². The first kappa shape index (κ1) is 25.9. The van der Waals surface area contributed by atoms with Crippen LogP contribution in [0.3, 0.4) is 0 Å². The zero-order chi connectivity index (χ0) is 26.4. The summed E-state index contributed by atoms with van der Waals surface area (Å²) in [5.74, 6) is 1.41. The van der Waals surface area contributed by atoms with Gasteiger partial charge in [0.15, 0.2) is 11.5 Å². The standard InChI is InChI=1S/C28H25BrCl2N2O4/c1-14-9-23(33(34)35)27-25(15(14)2)19-5-4-6-20(19)26(32-27)17-10-21(29)28(24(11-17)36-3)37-13-16-7-8-18(30)12-22(16)31/h4-5,7-12,19-20,26,32H,6,13H2,1-3H3/t19-,20-,26-/m0/s1. The molecule has 9 heteroatoms. The minimum atomic E-state index is -0.302. The van der Waals surface area contributed by atoms with Crippen LogP contribution in [0.1, 0.15) is 46.2 Å². The van der Waals surface area contributed by atoms with Gasteiger partial charge in [-0.3, -0.25) is 10.1 Å². The Balaban J connectivity index is 1.52. The third-order valence-electron chi connectivity index (χ3n) is 7.34. The van der Waals surface area contributed by atoms with E-state index in [1.807, 2.05) is 32.0 Å². The van der Waals surface area contributed by atoms with Gasteiger partial charge in [-0.05, 0) is 88.6 Å². The average Bonchev–Trinajstić information content (AvgIpc) is 3.35. The lowest BCUT2D eigenvalue weighted by atomic mass is 9.74. The Morgan fingerprint density at radius 3 is 2.68 bits per heavy atom. The third-order valence-corrected chi connectivity index (χ3v) is 8.52. The second kappa shape index (κ2) is 10.2. The number of methoxy groups -OCH3 is 1. The van der Waals surface area contributed by atoms with Crippen LogP contribution in [0.2, 0.25) is 10.0 Å². The Morgan fingerprint density at radius 1 is 1.19 bits per heavy atom. The van der Waals surface area contributed by atoms with Gasteiger partial charge in [0.05, 0.1) is 22.5 Å². The first-order valence-electron chi connectivity index (χ1n) is 11.9. The number of benzene rings is 3. The summed E-state index contributed by atoms with van der Waals surface area (Å²) >= 11 is 16.0. The molecule has 0 bridgehead atoms. The second-order valence-corrected chi connectivity index (χ2v) is 11.1. The molecular weight excluding hydrogens is 579 g/mol. The Hall–Kier alpha value is -2.74. The highest BCUT2D eigenvalue weighted by Crippen LogP contribution is 2.54. The fraction of sp³-hybridized carbons (Fsp3) is 0.286. The van der Waals surface area contributed by atoms with Gasteiger partial charge in [0.1, 0.15) is 12.3 Å². The molecule has 37 heavy (non-hydrogen) atoms. The average molecular weight is 604 g/mol. The van der Waals surface area contributed by atoms with Gasteiger partial charge in [-0.15, -0.1) is 0 Å².